The number of nitrogens with one attached hydrogen (secondary N) is 1. The third kappa shape index (κ3) is 3.50. The number of sulfone groups is 1. The number of benzene rings is 2. The Kier molecular flexibility index (Phi) is 4.92. The van der Waals surface area contributed by atoms with Crippen LogP contribution in [0.15, 0.2) is 57.9 Å². The summed E-state index contributed by atoms with van der Waals surface area (Å²) in [6.45, 7) is 0. The van der Waals surface area contributed by atoms with Crippen molar-refractivity contribution in [1.82, 2.24) is 0 Å². The van der Waals surface area contributed by atoms with E-state index in [1.807, 2.05) is 0 Å². The second-order valence-electron chi connectivity index (χ2n) is 4.27. The van der Waals surface area contributed by atoms with Gasteiger partial charge in [0.15, 0.2) is 0 Å². The highest BCUT2D eigenvalue weighted by Gasteiger charge is 2.29. The lowest BCUT2D eigenvalue weighted by molar-refractivity contribution is 0.102. The summed E-state index contributed by atoms with van der Waals surface area (Å²) in [5, 5.41) is 2.34. The first-order chi connectivity index (χ1) is 10.3. The van der Waals surface area contributed by atoms with Crippen molar-refractivity contribution in [2.75, 3.05) is 5.32 Å². The zero-order chi connectivity index (χ0) is 16.3. The lowest BCUT2D eigenvalue weighted by Crippen LogP contribution is -2.17. The van der Waals surface area contributed by atoms with Gasteiger partial charge >= 0.3 is 5.76 Å². The van der Waals surface area contributed by atoms with E-state index in [0.29, 0.717) is 4.47 Å². The first-order valence-electron chi connectivity index (χ1n) is 6.00. The first-order valence-corrected chi connectivity index (χ1v) is 8.34. The molecule has 0 unspecified atom stereocenters. The third-order valence-electron chi connectivity index (χ3n) is 2.76. The monoisotopic (exact) mass is 389 g/mol. The van der Waals surface area contributed by atoms with Crippen LogP contribution in [0, 0.1) is 0 Å². The molecular weight excluding hydrogens is 380 g/mol. The number of alkyl halides is 2. The van der Waals surface area contributed by atoms with E-state index in [1.54, 1.807) is 12.1 Å². The number of amides is 1. The van der Waals surface area contributed by atoms with Crippen molar-refractivity contribution in [3.05, 3.63) is 58.6 Å². The molecule has 22 heavy (non-hydrogen) atoms. The molecule has 0 radical (unpaired) electrons. The van der Waals surface area contributed by atoms with Crippen LogP contribution >= 0.6 is 15.9 Å². The van der Waals surface area contributed by atoms with Crippen LogP contribution in [-0.4, -0.2) is 20.1 Å². The Bertz CT molecular complexity index is 809. The van der Waals surface area contributed by atoms with Gasteiger partial charge in [0.1, 0.15) is 0 Å². The third-order valence-corrected chi connectivity index (χ3v) is 4.69. The van der Waals surface area contributed by atoms with Gasteiger partial charge in [0.25, 0.3) is 5.91 Å². The smallest absolute Gasteiger partial charge is 0.321 e. The van der Waals surface area contributed by atoms with Gasteiger partial charge in [-0.3, -0.25) is 4.79 Å². The number of hydrogen-bond acceptors (Lipinski definition) is 3. The predicted molar refractivity (Wildman–Crippen MR) is 81.7 cm³/mol. The Morgan fingerprint density at radius 3 is 2.41 bits per heavy atom. The van der Waals surface area contributed by atoms with Crippen molar-refractivity contribution in [2.24, 2.45) is 0 Å². The second-order valence-corrected chi connectivity index (χ2v) is 7.07. The van der Waals surface area contributed by atoms with E-state index in [2.05, 4.69) is 21.2 Å². The standard InChI is InChI=1S/C14H10BrF2NO3S/c15-10-5-3-4-9(8-10)13(19)18-11-6-1-2-7-12(11)22(20,21)14(16)17/h1-8,14H,(H,18,19). The van der Waals surface area contributed by atoms with Crippen molar-refractivity contribution in [3.8, 4) is 0 Å². The van der Waals surface area contributed by atoms with Crippen LogP contribution in [0.1, 0.15) is 10.4 Å². The van der Waals surface area contributed by atoms with Gasteiger partial charge in [-0.15, -0.1) is 0 Å². The van der Waals surface area contributed by atoms with E-state index < -0.39 is 26.4 Å². The fourth-order valence-electron chi connectivity index (χ4n) is 1.74. The van der Waals surface area contributed by atoms with Crippen LogP contribution in [0.4, 0.5) is 14.5 Å². The van der Waals surface area contributed by atoms with Crippen LogP contribution in [0.3, 0.4) is 0 Å². The second kappa shape index (κ2) is 6.53. The van der Waals surface area contributed by atoms with E-state index in [-0.39, 0.29) is 11.3 Å². The molecule has 0 aliphatic heterocycles. The maximum atomic E-state index is 12.7. The zero-order valence-electron chi connectivity index (χ0n) is 11.0. The molecule has 2 aromatic carbocycles. The van der Waals surface area contributed by atoms with Gasteiger partial charge in [0.2, 0.25) is 9.84 Å². The molecule has 0 saturated carbocycles. The number of anilines is 1. The lowest BCUT2D eigenvalue weighted by atomic mass is 10.2. The quantitative estimate of drug-likeness (QED) is 0.866. The summed E-state index contributed by atoms with van der Waals surface area (Å²) in [5.41, 5.74) is 0.0754. The Balaban J connectivity index is 2.37. The topological polar surface area (TPSA) is 63.2 Å². The summed E-state index contributed by atoms with van der Waals surface area (Å²) < 4.78 is 49.3. The summed E-state index contributed by atoms with van der Waals surface area (Å²) in [4.78, 5) is 11.5. The molecule has 0 saturated heterocycles. The Hall–Kier alpha value is -1.80. The van der Waals surface area contributed by atoms with Gasteiger partial charge in [-0.05, 0) is 30.3 Å². The normalized spacial score (nSPS) is 11.5. The highest BCUT2D eigenvalue weighted by molar-refractivity contribution is 9.10. The molecule has 2 aromatic rings. The maximum absolute atomic E-state index is 12.7. The molecule has 0 fully saturated rings. The van der Waals surface area contributed by atoms with Crippen molar-refractivity contribution < 1.29 is 22.0 Å². The van der Waals surface area contributed by atoms with E-state index >= 15 is 0 Å². The number of halogens is 3. The average molecular weight is 390 g/mol. The fourth-order valence-corrected chi connectivity index (χ4v) is 3.02. The van der Waals surface area contributed by atoms with Crippen LogP contribution in [0.5, 0.6) is 0 Å². The van der Waals surface area contributed by atoms with Crippen LogP contribution < -0.4 is 5.32 Å². The maximum Gasteiger partial charge on any atom is 0.341 e. The fraction of sp³-hybridized carbons (Fsp3) is 0.0714. The summed E-state index contributed by atoms with van der Waals surface area (Å²) >= 11 is 3.21. The molecule has 116 valence electrons. The minimum atomic E-state index is -4.80. The van der Waals surface area contributed by atoms with Gasteiger partial charge in [-0.1, -0.05) is 34.1 Å². The van der Waals surface area contributed by atoms with Gasteiger partial charge in [0, 0.05) is 10.0 Å². The number of para-hydroxylation sites is 1. The van der Waals surface area contributed by atoms with Crippen LogP contribution in [0.25, 0.3) is 0 Å². The van der Waals surface area contributed by atoms with Crippen molar-refractivity contribution in [2.45, 2.75) is 10.7 Å². The Labute approximate surface area is 134 Å². The molecule has 1 N–H and O–H groups in total. The molecule has 8 heteroatoms. The molecule has 1 amide bonds. The van der Waals surface area contributed by atoms with E-state index in [4.69, 9.17) is 0 Å². The molecule has 0 aromatic heterocycles. The van der Waals surface area contributed by atoms with Gasteiger partial charge in [-0.25, -0.2) is 8.42 Å². The van der Waals surface area contributed by atoms with Gasteiger partial charge in [0.05, 0.1) is 10.6 Å². The van der Waals surface area contributed by atoms with E-state index in [1.165, 1.54) is 30.3 Å². The number of rotatable bonds is 4. The molecule has 0 heterocycles. The molecule has 4 nitrogen and oxygen atoms in total. The molecule has 0 aliphatic carbocycles. The van der Waals surface area contributed by atoms with E-state index in [0.717, 1.165) is 6.07 Å². The summed E-state index contributed by atoms with van der Waals surface area (Å²) in [7, 11) is -4.80. The van der Waals surface area contributed by atoms with Crippen molar-refractivity contribution in [1.29, 1.82) is 0 Å². The molecule has 2 rings (SSSR count). The molecule has 0 bridgehead atoms. The number of carbonyl (C=O) groups excluding carboxylic acids is 1. The molecular formula is C14H10BrF2NO3S. The molecule has 0 spiro atoms. The summed E-state index contributed by atoms with van der Waals surface area (Å²) in [6.07, 6.45) is 0. The summed E-state index contributed by atoms with van der Waals surface area (Å²) in [5.74, 6) is -4.16. The average Bonchev–Trinajstić information content (AvgIpc) is 2.47. The predicted octanol–water partition coefficient (Wildman–Crippen LogP) is 3.70. The zero-order valence-corrected chi connectivity index (χ0v) is 13.4. The molecule has 0 atom stereocenters. The van der Waals surface area contributed by atoms with Gasteiger partial charge < -0.3 is 5.32 Å². The Morgan fingerprint density at radius 1 is 1.09 bits per heavy atom. The van der Waals surface area contributed by atoms with Crippen molar-refractivity contribution >= 4 is 37.4 Å². The first kappa shape index (κ1) is 16.6. The van der Waals surface area contributed by atoms with Crippen LogP contribution in [-0.2, 0) is 9.84 Å². The number of carbonyl (C=O) groups is 1. The summed E-state index contributed by atoms with van der Waals surface area (Å²) in [6, 6.07) is 11.4. The minimum Gasteiger partial charge on any atom is -0.321 e. The lowest BCUT2D eigenvalue weighted by Gasteiger charge is -2.11. The molecule has 0 aliphatic rings. The highest BCUT2D eigenvalue weighted by atomic mass is 79.9. The minimum absolute atomic E-state index is 0.187. The van der Waals surface area contributed by atoms with E-state index in [9.17, 15) is 22.0 Å². The number of hydrogen-bond donors (Lipinski definition) is 1. The van der Waals surface area contributed by atoms with Crippen LogP contribution in [0.2, 0.25) is 0 Å². The van der Waals surface area contributed by atoms with Gasteiger partial charge in [-0.2, -0.15) is 8.78 Å². The SMILES string of the molecule is O=C(Nc1ccccc1S(=O)(=O)C(F)F)c1cccc(Br)c1. The largest absolute Gasteiger partial charge is 0.341 e. The Morgan fingerprint density at radius 2 is 1.77 bits per heavy atom. The highest BCUT2D eigenvalue weighted by Crippen LogP contribution is 2.26. The van der Waals surface area contributed by atoms with Crippen molar-refractivity contribution in [3.63, 3.8) is 0 Å².